The number of hydrogen-bond acceptors (Lipinski definition) is 6. The molecule has 0 bridgehead atoms. The van der Waals surface area contributed by atoms with Crippen molar-refractivity contribution in [3.05, 3.63) is 18.1 Å². The minimum absolute atomic E-state index is 0.0501. The van der Waals surface area contributed by atoms with Gasteiger partial charge in [-0.15, -0.1) is 0 Å². The monoisotopic (exact) mass is 379 g/mol. The fraction of sp³-hybridized carbons (Fsp3) is 0.789. The predicted molar refractivity (Wildman–Crippen MR) is 96.7 cm³/mol. The van der Waals surface area contributed by atoms with Gasteiger partial charge >= 0.3 is 0 Å². The lowest BCUT2D eigenvalue weighted by Crippen LogP contribution is -2.38. The van der Waals surface area contributed by atoms with Crippen LogP contribution in [0, 0.1) is 5.92 Å². The summed E-state index contributed by atoms with van der Waals surface area (Å²) in [6, 6.07) is 2.33. The van der Waals surface area contributed by atoms with Crippen molar-refractivity contribution in [2.75, 3.05) is 18.0 Å². The van der Waals surface area contributed by atoms with E-state index in [2.05, 4.69) is 27.7 Å². The van der Waals surface area contributed by atoms with E-state index in [0.29, 0.717) is 23.9 Å². The summed E-state index contributed by atoms with van der Waals surface area (Å²) >= 11 is 0. The molecule has 2 saturated carbocycles. The topological polar surface area (TPSA) is 62.3 Å². The number of aromatic nitrogens is 2. The second-order valence-electron chi connectivity index (χ2n) is 8.78. The van der Waals surface area contributed by atoms with Crippen LogP contribution in [0.25, 0.3) is 0 Å². The summed E-state index contributed by atoms with van der Waals surface area (Å²) in [7, 11) is 0. The third-order valence-electron chi connectivity index (χ3n) is 6.61. The van der Waals surface area contributed by atoms with Gasteiger partial charge < -0.3 is 9.64 Å². The van der Waals surface area contributed by atoms with Gasteiger partial charge in [-0.1, -0.05) is 0 Å². The Morgan fingerprint density at radius 1 is 1.15 bits per heavy atom. The van der Waals surface area contributed by atoms with Gasteiger partial charge in [-0.25, -0.2) is 24.2 Å². The van der Waals surface area contributed by atoms with Crippen LogP contribution >= 0.6 is 0 Å². The third kappa shape index (κ3) is 3.43. The Hall–Kier alpha value is -1.38. The molecule has 4 unspecified atom stereocenters. The lowest BCUT2D eigenvalue weighted by molar-refractivity contribution is -0.0500. The minimum Gasteiger partial charge on any atom is -0.372 e. The molecule has 27 heavy (non-hydrogen) atoms. The molecule has 148 valence electrons. The molecule has 2 N–H and O–H groups in total. The molecule has 5 rings (SSSR count). The summed E-state index contributed by atoms with van der Waals surface area (Å²) in [5.41, 5.74) is 7.76. The molecule has 2 aliphatic carbocycles. The number of hydrazine groups is 1. The lowest BCUT2D eigenvalue weighted by atomic mass is 9.79. The van der Waals surface area contributed by atoms with Crippen molar-refractivity contribution in [2.24, 2.45) is 5.92 Å². The number of nitrogens with one attached hydrogen (secondary N) is 2. The standard InChI is InChI=1S/C19H27F2N5O/c1-19(4-5-19)27-11-2-3-15-12(6-11)18(25-24-15)16-7-17(23-10-22-16)26-8-13(20)14(21)9-26/h7,10-15,18,24-25H,2-6,8-9H2,1H3/t11?,12?,13-,14-,15?,18?/m0/s1. The van der Waals surface area contributed by atoms with Crippen LogP contribution in [-0.2, 0) is 4.74 Å². The van der Waals surface area contributed by atoms with Gasteiger partial charge in [0, 0.05) is 18.0 Å². The van der Waals surface area contributed by atoms with Crippen molar-refractivity contribution >= 4 is 5.82 Å². The number of alkyl halides is 2. The smallest absolute Gasteiger partial charge is 0.150 e. The molecular weight excluding hydrogens is 352 g/mol. The Morgan fingerprint density at radius 3 is 2.67 bits per heavy atom. The molecule has 3 heterocycles. The first kappa shape index (κ1) is 17.7. The van der Waals surface area contributed by atoms with Gasteiger partial charge in [-0.05, 0) is 39.0 Å². The molecule has 2 saturated heterocycles. The van der Waals surface area contributed by atoms with E-state index in [9.17, 15) is 8.78 Å². The Morgan fingerprint density at radius 2 is 1.93 bits per heavy atom. The summed E-state index contributed by atoms with van der Waals surface area (Å²) < 4.78 is 33.5. The third-order valence-corrected chi connectivity index (χ3v) is 6.61. The number of hydrogen-bond donors (Lipinski definition) is 2. The Balaban J connectivity index is 1.31. The molecule has 4 fully saturated rings. The number of nitrogens with zero attached hydrogens (tertiary/aromatic N) is 3. The maximum atomic E-state index is 13.6. The molecule has 0 amide bonds. The van der Waals surface area contributed by atoms with E-state index in [0.717, 1.165) is 37.8 Å². The van der Waals surface area contributed by atoms with Gasteiger partial charge in [0.15, 0.2) is 12.3 Å². The highest BCUT2D eigenvalue weighted by molar-refractivity contribution is 5.42. The van der Waals surface area contributed by atoms with Crippen LogP contribution in [0.2, 0.25) is 0 Å². The average Bonchev–Trinajstić information content (AvgIpc) is 3.09. The first-order chi connectivity index (χ1) is 13.0. The normalized spacial score (nSPS) is 40.2. The van der Waals surface area contributed by atoms with E-state index < -0.39 is 12.3 Å². The zero-order valence-electron chi connectivity index (χ0n) is 15.6. The first-order valence-corrected chi connectivity index (χ1v) is 10.0. The van der Waals surface area contributed by atoms with Crippen molar-refractivity contribution in [1.29, 1.82) is 0 Å². The quantitative estimate of drug-likeness (QED) is 0.837. The van der Waals surface area contributed by atoms with Gasteiger partial charge in [0.05, 0.1) is 36.5 Å². The predicted octanol–water partition coefficient (Wildman–Crippen LogP) is 2.23. The van der Waals surface area contributed by atoms with Crippen LogP contribution < -0.4 is 15.8 Å². The van der Waals surface area contributed by atoms with Crippen molar-refractivity contribution in [3.63, 3.8) is 0 Å². The Bertz CT molecular complexity index is 692. The van der Waals surface area contributed by atoms with Crippen LogP contribution in [0.4, 0.5) is 14.6 Å². The molecule has 1 aromatic heterocycles. The highest BCUT2D eigenvalue weighted by atomic mass is 19.2. The Kier molecular flexibility index (Phi) is 4.33. The summed E-state index contributed by atoms with van der Waals surface area (Å²) in [4.78, 5) is 10.4. The molecule has 0 radical (unpaired) electrons. The van der Waals surface area contributed by atoms with Gasteiger partial charge in [-0.3, -0.25) is 5.43 Å². The Labute approximate surface area is 158 Å². The highest BCUT2D eigenvalue weighted by Gasteiger charge is 2.46. The van der Waals surface area contributed by atoms with Crippen molar-refractivity contribution in [3.8, 4) is 0 Å². The zero-order chi connectivity index (χ0) is 18.6. The molecule has 8 heteroatoms. The summed E-state index contributed by atoms with van der Waals surface area (Å²) in [6.45, 7) is 2.30. The largest absolute Gasteiger partial charge is 0.372 e. The zero-order valence-corrected chi connectivity index (χ0v) is 15.6. The van der Waals surface area contributed by atoms with Crippen molar-refractivity contribution in [1.82, 2.24) is 20.8 Å². The molecule has 4 aliphatic rings. The highest BCUT2D eigenvalue weighted by Crippen LogP contribution is 2.45. The second-order valence-corrected chi connectivity index (χ2v) is 8.78. The number of ether oxygens (including phenoxy) is 1. The van der Waals surface area contributed by atoms with E-state index in [1.807, 2.05) is 6.07 Å². The molecule has 1 aromatic rings. The summed E-state index contributed by atoms with van der Waals surface area (Å²) in [6.07, 6.45) is 4.37. The van der Waals surface area contributed by atoms with Gasteiger partial charge in [0.1, 0.15) is 12.1 Å². The van der Waals surface area contributed by atoms with Crippen LogP contribution in [0.15, 0.2) is 12.4 Å². The number of rotatable bonds is 4. The molecule has 0 aromatic carbocycles. The van der Waals surface area contributed by atoms with Crippen LogP contribution in [-0.4, -0.2) is 53.1 Å². The van der Waals surface area contributed by atoms with E-state index >= 15 is 0 Å². The maximum Gasteiger partial charge on any atom is 0.150 e. The SMILES string of the molecule is CC1(OC2CCC3NNC(c4cc(N5C[C@H](F)[C@@H](F)C5)ncn4)C3C2)CC1. The summed E-state index contributed by atoms with van der Waals surface area (Å²) in [5, 5.41) is 0. The molecule has 0 spiro atoms. The van der Waals surface area contributed by atoms with E-state index in [4.69, 9.17) is 4.74 Å². The number of anilines is 1. The molecular formula is C19H27F2N5O. The molecule has 2 aliphatic heterocycles. The van der Waals surface area contributed by atoms with Crippen molar-refractivity contribution < 1.29 is 13.5 Å². The van der Waals surface area contributed by atoms with Gasteiger partial charge in [0.25, 0.3) is 0 Å². The fourth-order valence-corrected chi connectivity index (χ4v) is 4.73. The fourth-order valence-electron chi connectivity index (χ4n) is 4.73. The van der Waals surface area contributed by atoms with Gasteiger partial charge in [0.2, 0.25) is 0 Å². The molecule has 6 nitrogen and oxygen atoms in total. The maximum absolute atomic E-state index is 13.6. The lowest BCUT2D eigenvalue weighted by Gasteiger charge is -2.34. The van der Waals surface area contributed by atoms with E-state index in [-0.39, 0.29) is 24.7 Å². The van der Waals surface area contributed by atoms with Gasteiger partial charge in [-0.2, -0.15) is 0 Å². The van der Waals surface area contributed by atoms with E-state index in [1.165, 1.54) is 6.33 Å². The van der Waals surface area contributed by atoms with Crippen LogP contribution in [0.5, 0.6) is 0 Å². The summed E-state index contributed by atoms with van der Waals surface area (Å²) in [5.74, 6) is 0.984. The minimum atomic E-state index is -1.45. The number of fused-ring (bicyclic) bond motifs is 1. The van der Waals surface area contributed by atoms with Crippen LogP contribution in [0.3, 0.4) is 0 Å². The second kappa shape index (κ2) is 6.60. The molecule has 6 atom stereocenters. The number of halogens is 2. The first-order valence-electron chi connectivity index (χ1n) is 10.0. The van der Waals surface area contributed by atoms with E-state index in [1.54, 1.807) is 4.90 Å². The van der Waals surface area contributed by atoms with Crippen LogP contribution in [0.1, 0.15) is 50.8 Å². The average molecular weight is 379 g/mol. The van der Waals surface area contributed by atoms with Crippen molar-refractivity contribution in [2.45, 2.75) is 75.2 Å².